The zero-order valence-electron chi connectivity index (χ0n) is 16.8. The minimum atomic E-state index is -3.39. The number of nitrogens with zero attached hydrogens (tertiary/aromatic N) is 1. The van der Waals surface area contributed by atoms with Crippen LogP contribution in [0, 0.1) is 0 Å². The van der Waals surface area contributed by atoms with E-state index >= 15 is 0 Å². The van der Waals surface area contributed by atoms with Crippen molar-refractivity contribution in [1.29, 1.82) is 0 Å². The lowest BCUT2D eigenvalue weighted by molar-refractivity contribution is -0.140. The molecule has 8 nitrogen and oxygen atoms in total. The fourth-order valence-corrected chi connectivity index (χ4v) is 3.64. The number of benzene rings is 1. The largest absolute Gasteiger partial charge is 0.489 e. The van der Waals surface area contributed by atoms with Crippen molar-refractivity contribution in [2.45, 2.75) is 43.9 Å². The molecular weight excluding hydrogens is 432 g/mol. The molecule has 10 heteroatoms. The highest BCUT2D eigenvalue weighted by atomic mass is 35.5. The first-order chi connectivity index (χ1) is 14.2. The number of carboxylic acids is 1. The van der Waals surface area contributed by atoms with E-state index in [4.69, 9.17) is 21.4 Å². The van der Waals surface area contributed by atoms with Crippen molar-refractivity contribution in [2.24, 2.45) is 0 Å². The van der Waals surface area contributed by atoms with Crippen LogP contribution < -0.4 is 10.1 Å². The van der Waals surface area contributed by atoms with E-state index in [-0.39, 0.29) is 18.0 Å². The van der Waals surface area contributed by atoms with Crippen LogP contribution in [0.1, 0.15) is 30.0 Å². The lowest BCUT2D eigenvalue weighted by Gasteiger charge is -2.17. The van der Waals surface area contributed by atoms with Gasteiger partial charge in [0.15, 0.2) is 9.84 Å². The quantitative estimate of drug-likeness (QED) is 0.469. The molecule has 3 N–H and O–H groups in total. The van der Waals surface area contributed by atoms with E-state index in [1.165, 1.54) is 18.5 Å². The third-order valence-corrected chi connectivity index (χ3v) is 5.79. The van der Waals surface area contributed by atoms with Crippen molar-refractivity contribution in [3.05, 3.63) is 52.3 Å². The lowest BCUT2D eigenvalue weighted by atomic mass is 10.1. The second-order valence-electron chi connectivity index (χ2n) is 6.85. The molecule has 0 aliphatic carbocycles. The van der Waals surface area contributed by atoms with E-state index in [1.807, 2.05) is 6.92 Å². The van der Waals surface area contributed by atoms with Gasteiger partial charge in [-0.3, -0.25) is 15.1 Å². The van der Waals surface area contributed by atoms with E-state index in [2.05, 4.69) is 10.3 Å². The summed E-state index contributed by atoms with van der Waals surface area (Å²) in [6.07, 6.45) is 5.51. The number of ether oxygens (including phenoxy) is 1. The lowest BCUT2D eigenvalue weighted by Crippen LogP contribution is -2.39. The second-order valence-corrected chi connectivity index (χ2v) is 9.27. The first-order valence-corrected chi connectivity index (χ1v) is 11.6. The average Bonchev–Trinajstić information content (AvgIpc) is 2.68. The monoisotopic (exact) mass is 456 g/mol. The highest BCUT2D eigenvalue weighted by molar-refractivity contribution is 7.90. The predicted molar refractivity (Wildman–Crippen MR) is 112 cm³/mol. The Morgan fingerprint density at radius 1 is 1.27 bits per heavy atom. The third kappa shape index (κ3) is 6.66. The molecule has 0 bridgehead atoms. The number of hydrogen-bond acceptors (Lipinski definition) is 7. The highest BCUT2D eigenvalue weighted by Gasteiger charge is 2.17. The number of aliphatic hydroxyl groups excluding tert-OH is 1. The van der Waals surface area contributed by atoms with E-state index < -0.39 is 28.5 Å². The first-order valence-electron chi connectivity index (χ1n) is 9.30. The molecule has 1 unspecified atom stereocenters. The summed E-state index contributed by atoms with van der Waals surface area (Å²) in [4.78, 5) is 15.2. The number of halogens is 1. The molecule has 1 aromatic heterocycles. The van der Waals surface area contributed by atoms with Crippen LogP contribution in [0.4, 0.5) is 0 Å². The van der Waals surface area contributed by atoms with E-state index in [9.17, 15) is 18.3 Å². The van der Waals surface area contributed by atoms with Crippen LogP contribution in [0.2, 0.25) is 5.02 Å². The molecule has 0 spiro atoms. The van der Waals surface area contributed by atoms with Gasteiger partial charge in [0.25, 0.3) is 0 Å². The third-order valence-electron chi connectivity index (χ3n) is 4.36. The molecule has 1 aromatic carbocycles. The van der Waals surface area contributed by atoms with Crippen LogP contribution in [-0.4, -0.2) is 48.5 Å². The van der Waals surface area contributed by atoms with Crippen molar-refractivity contribution in [1.82, 2.24) is 10.3 Å². The van der Waals surface area contributed by atoms with Crippen molar-refractivity contribution in [3.63, 3.8) is 0 Å². The Morgan fingerprint density at radius 2 is 2.00 bits per heavy atom. The van der Waals surface area contributed by atoms with E-state index in [0.29, 0.717) is 21.9 Å². The number of pyridine rings is 1. The van der Waals surface area contributed by atoms with Crippen molar-refractivity contribution >= 4 is 27.4 Å². The normalized spacial score (nSPS) is 12.5. The molecular formula is C20H25ClN2O6S. The van der Waals surface area contributed by atoms with Gasteiger partial charge in [0.2, 0.25) is 0 Å². The summed E-state index contributed by atoms with van der Waals surface area (Å²) in [5.41, 5.74) is 2.08. The molecule has 164 valence electrons. The summed E-state index contributed by atoms with van der Waals surface area (Å²) in [5.74, 6) is -0.681. The maximum Gasteiger partial charge on any atom is 0.323 e. The number of sulfone groups is 1. The average molecular weight is 457 g/mol. The van der Waals surface area contributed by atoms with Gasteiger partial charge in [0, 0.05) is 41.3 Å². The number of hydrogen-bond donors (Lipinski definition) is 3. The van der Waals surface area contributed by atoms with Gasteiger partial charge in [0.1, 0.15) is 18.4 Å². The summed E-state index contributed by atoms with van der Waals surface area (Å²) >= 11 is 6.35. The van der Waals surface area contributed by atoms with Crippen LogP contribution in [-0.2, 0) is 34.2 Å². The second kappa shape index (κ2) is 10.7. The highest BCUT2D eigenvalue weighted by Crippen LogP contribution is 2.29. The number of carboxylic acid groups (broad SMARTS) is 1. The van der Waals surface area contributed by atoms with E-state index in [0.717, 1.165) is 24.7 Å². The number of nitrogens with one attached hydrogen (secondary N) is 1. The SMILES string of the molecule is CCCc1cc(OCc2cncc(S(C)(=O)=O)c2)c(CNC(CO)C(=O)O)cc1Cl. The molecule has 0 amide bonds. The Morgan fingerprint density at radius 3 is 2.60 bits per heavy atom. The fourth-order valence-electron chi connectivity index (χ4n) is 2.74. The Hall–Kier alpha value is -2.20. The molecule has 0 saturated carbocycles. The minimum absolute atomic E-state index is 0.0684. The number of aryl methyl sites for hydroxylation is 1. The van der Waals surface area contributed by atoms with Gasteiger partial charge in [-0.15, -0.1) is 0 Å². The van der Waals surface area contributed by atoms with E-state index in [1.54, 1.807) is 12.1 Å². The Kier molecular flexibility index (Phi) is 8.60. The van der Waals surface area contributed by atoms with Gasteiger partial charge in [-0.05, 0) is 30.2 Å². The summed E-state index contributed by atoms with van der Waals surface area (Å²) in [7, 11) is -3.39. The van der Waals surface area contributed by atoms with Crippen molar-refractivity contribution in [3.8, 4) is 5.75 Å². The number of aliphatic hydroxyl groups is 1. The molecule has 0 aliphatic rings. The van der Waals surface area contributed by atoms with Gasteiger partial charge < -0.3 is 14.9 Å². The van der Waals surface area contributed by atoms with Crippen molar-refractivity contribution < 1.29 is 28.2 Å². The van der Waals surface area contributed by atoms with Crippen LogP contribution >= 0.6 is 11.6 Å². The molecule has 0 saturated heterocycles. The predicted octanol–water partition coefficient (Wildman–Crippen LogP) is 2.21. The summed E-state index contributed by atoms with van der Waals surface area (Å²) in [5, 5.41) is 21.6. The maximum atomic E-state index is 11.7. The van der Waals surface area contributed by atoms with Crippen LogP contribution in [0.5, 0.6) is 5.75 Å². The smallest absolute Gasteiger partial charge is 0.323 e. The Bertz CT molecular complexity index is 997. The molecule has 0 fully saturated rings. The molecule has 0 aliphatic heterocycles. The maximum absolute atomic E-state index is 11.7. The summed E-state index contributed by atoms with van der Waals surface area (Å²) in [6.45, 7) is 1.64. The number of rotatable bonds is 11. The Labute approximate surface area is 180 Å². The van der Waals surface area contributed by atoms with Crippen LogP contribution in [0.15, 0.2) is 35.5 Å². The Balaban J connectivity index is 2.27. The van der Waals surface area contributed by atoms with Crippen molar-refractivity contribution in [2.75, 3.05) is 12.9 Å². The summed E-state index contributed by atoms with van der Waals surface area (Å²) in [6, 6.07) is 3.87. The van der Waals surface area contributed by atoms with Gasteiger partial charge in [-0.1, -0.05) is 24.9 Å². The molecule has 2 rings (SSSR count). The first kappa shape index (κ1) is 24.1. The zero-order valence-corrected chi connectivity index (χ0v) is 18.3. The molecule has 2 aromatic rings. The fraction of sp³-hybridized carbons (Fsp3) is 0.400. The van der Waals surface area contributed by atoms with Gasteiger partial charge in [-0.25, -0.2) is 8.42 Å². The van der Waals surface area contributed by atoms with Crippen LogP contribution in [0.25, 0.3) is 0 Å². The van der Waals surface area contributed by atoms with Gasteiger partial charge >= 0.3 is 5.97 Å². The topological polar surface area (TPSA) is 126 Å². The standard InChI is InChI=1S/C20H25ClN2O6S/c1-3-4-14-7-19(15(6-17(14)21)9-23-18(11-24)20(25)26)29-12-13-5-16(10-22-8-13)30(2,27)28/h5-8,10,18,23-24H,3-4,9,11-12H2,1-2H3,(H,25,26). The molecule has 30 heavy (non-hydrogen) atoms. The minimum Gasteiger partial charge on any atom is -0.489 e. The van der Waals surface area contributed by atoms with Gasteiger partial charge in [-0.2, -0.15) is 0 Å². The molecule has 1 heterocycles. The zero-order chi connectivity index (χ0) is 22.3. The number of carbonyl (C=O) groups is 1. The van der Waals surface area contributed by atoms with Crippen LogP contribution in [0.3, 0.4) is 0 Å². The number of aromatic nitrogens is 1. The number of aliphatic carboxylic acids is 1. The van der Waals surface area contributed by atoms with Gasteiger partial charge in [0.05, 0.1) is 11.5 Å². The molecule has 1 atom stereocenters. The molecule has 0 radical (unpaired) electrons. The summed E-state index contributed by atoms with van der Waals surface area (Å²) < 4.78 is 29.4.